The maximum atomic E-state index is 11.2. The van der Waals surface area contributed by atoms with Gasteiger partial charge in [0.15, 0.2) is 6.29 Å². The SMILES string of the molecule is CCC(C)c1nc2c(C)cccn2c1C=O. The highest BCUT2D eigenvalue weighted by Gasteiger charge is 2.16. The summed E-state index contributed by atoms with van der Waals surface area (Å²) in [5, 5.41) is 0. The van der Waals surface area contributed by atoms with Crippen LogP contribution in [-0.4, -0.2) is 15.7 Å². The fourth-order valence-corrected chi connectivity index (χ4v) is 1.91. The van der Waals surface area contributed by atoms with E-state index in [0.717, 1.165) is 29.6 Å². The summed E-state index contributed by atoms with van der Waals surface area (Å²) in [6, 6.07) is 3.95. The summed E-state index contributed by atoms with van der Waals surface area (Å²) in [6.45, 7) is 6.22. The van der Waals surface area contributed by atoms with Crippen LogP contribution < -0.4 is 0 Å². The van der Waals surface area contributed by atoms with Crippen LogP contribution in [0.2, 0.25) is 0 Å². The van der Waals surface area contributed by atoms with Crippen molar-refractivity contribution in [1.29, 1.82) is 0 Å². The topological polar surface area (TPSA) is 34.4 Å². The van der Waals surface area contributed by atoms with Crippen molar-refractivity contribution in [3.63, 3.8) is 0 Å². The van der Waals surface area contributed by atoms with Crippen molar-refractivity contribution >= 4 is 11.9 Å². The molecule has 84 valence electrons. The van der Waals surface area contributed by atoms with Gasteiger partial charge in [-0.2, -0.15) is 0 Å². The molecule has 0 fully saturated rings. The number of hydrogen-bond donors (Lipinski definition) is 0. The molecule has 0 aliphatic rings. The molecule has 0 N–H and O–H groups in total. The maximum Gasteiger partial charge on any atom is 0.168 e. The lowest BCUT2D eigenvalue weighted by atomic mass is 10.0. The third-order valence-electron chi connectivity index (χ3n) is 3.10. The van der Waals surface area contributed by atoms with Crippen molar-refractivity contribution in [3.05, 3.63) is 35.3 Å². The molecule has 3 nitrogen and oxygen atoms in total. The van der Waals surface area contributed by atoms with E-state index in [1.165, 1.54) is 0 Å². The molecule has 3 heteroatoms. The predicted molar refractivity (Wildman–Crippen MR) is 64.0 cm³/mol. The molecule has 1 atom stereocenters. The van der Waals surface area contributed by atoms with Crippen LogP contribution in [0.3, 0.4) is 0 Å². The average molecular weight is 216 g/mol. The second kappa shape index (κ2) is 4.08. The van der Waals surface area contributed by atoms with Gasteiger partial charge in [0, 0.05) is 12.1 Å². The monoisotopic (exact) mass is 216 g/mol. The molecule has 0 aromatic carbocycles. The Labute approximate surface area is 95.1 Å². The Morgan fingerprint density at radius 2 is 2.31 bits per heavy atom. The number of aldehydes is 1. The number of aryl methyl sites for hydroxylation is 1. The number of rotatable bonds is 3. The van der Waals surface area contributed by atoms with Gasteiger partial charge in [0.1, 0.15) is 11.3 Å². The Morgan fingerprint density at radius 3 is 2.94 bits per heavy atom. The van der Waals surface area contributed by atoms with E-state index in [2.05, 4.69) is 18.8 Å². The Hall–Kier alpha value is -1.64. The number of carbonyl (C=O) groups is 1. The molecule has 2 aromatic rings. The van der Waals surface area contributed by atoms with Gasteiger partial charge in [0.2, 0.25) is 0 Å². The molecule has 1 unspecified atom stereocenters. The second-order valence-corrected chi connectivity index (χ2v) is 4.19. The van der Waals surface area contributed by atoms with Crippen LogP contribution in [0.25, 0.3) is 5.65 Å². The second-order valence-electron chi connectivity index (χ2n) is 4.19. The molecule has 0 radical (unpaired) electrons. The Kier molecular flexibility index (Phi) is 2.77. The molecule has 0 amide bonds. The van der Waals surface area contributed by atoms with E-state index in [4.69, 9.17) is 0 Å². The van der Waals surface area contributed by atoms with Crippen LogP contribution in [0.1, 0.15) is 47.9 Å². The summed E-state index contributed by atoms with van der Waals surface area (Å²) in [4.78, 5) is 15.8. The number of imidazole rings is 1. The number of aromatic nitrogens is 2. The summed E-state index contributed by atoms with van der Waals surface area (Å²) < 4.78 is 1.88. The molecule has 2 rings (SSSR count). The van der Waals surface area contributed by atoms with Gasteiger partial charge in [-0.3, -0.25) is 9.20 Å². The predicted octanol–water partition coefficient (Wildman–Crippen LogP) is 2.97. The zero-order valence-corrected chi connectivity index (χ0v) is 9.90. The van der Waals surface area contributed by atoms with E-state index in [9.17, 15) is 4.79 Å². The van der Waals surface area contributed by atoms with Gasteiger partial charge >= 0.3 is 0 Å². The minimum absolute atomic E-state index is 0.319. The van der Waals surface area contributed by atoms with E-state index in [0.29, 0.717) is 11.6 Å². The van der Waals surface area contributed by atoms with Gasteiger partial charge in [-0.15, -0.1) is 0 Å². The van der Waals surface area contributed by atoms with Gasteiger partial charge in [-0.05, 0) is 25.0 Å². The first-order valence-corrected chi connectivity index (χ1v) is 5.61. The quantitative estimate of drug-likeness (QED) is 0.739. The van der Waals surface area contributed by atoms with Crippen LogP contribution in [0.4, 0.5) is 0 Å². The number of hydrogen-bond acceptors (Lipinski definition) is 2. The molecule has 0 spiro atoms. The summed E-state index contributed by atoms with van der Waals surface area (Å²) in [5.41, 5.74) is 3.58. The van der Waals surface area contributed by atoms with Crippen molar-refractivity contribution in [3.8, 4) is 0 Å². The van der Waals surface area contributed by atoms with Gasteiger partial charge in [0.05, 0.1) is 5.69 Å². The van der Waals surface area contributed by atoms with Crippen molar-refractivity contribution < 1.29 is 4.79 Å². The van der Waals surface area contributed by atoms with Crippen molar-refractivity contribution in [1.82, 2.24) is 9.38 Å². The van der Waals surface area contributed by atoms with Gasteiger partial charge in [-0.1, -0.05) is 19.9 Å². The summed E-state index contributed by atoms with van der Waals surface area (Å²) >= 11 is 0. The normalized spacial score (nSPS) is 12.9. The van der Waals surface area contributed by atoms with E-state index in [-0.39, 0.29) is 0 Å². The fraction of sp³-hybridized carbons (Fsp3) is 0.385. The lowest BCUT2D eigenvalue weighted by molar-refractivity contribution is 0.111. The standard InChI is InChI=1S/C13H16N2O/c1-4-9(2)12-11(8-16)15-7-5-6-10(3)13(15)14-12/h5-9H,4H2,1-3H3. The lowest BCUT2D eigenvalue weighted by Crippen LogP contribution is -1.98. The summed E-state index contributed by atoms with van der Waals surface area (Å²) in [7, 11) is 0. The van der Waals surface area contributed by atoms with E-state index >= 15 is 0 Å². The van der Waals surface area contributed by atoms with E-state index in [1.807, 2.05) is 29.7 Å². The smallest absolute Gasteiger partial charge is 0.168 e. The summed E-state index contributed by atoms with van der Waals surface area (Å²) in [6.07, 6.45) is 3.79. The zero-order chi connectivity index (χ0) is 11.7. The first kappa shape index (κ1) is 10.9. The van der Waals surface area contributed by atoms with Gasteiger partial charge in [-0.25, -0.2) is 4.98 Å². The molecule has 0 saturated heterocycles. The van der Waals surface area contributed by atoms with Crippen molar-refractivity contribution in [2.75, 3.05) is 0 Å². The lowest BCUT2D eigenvalue weighted by Gasteiger charge is -2.04. The number of pyridine rings is 1. The van der Waals surface area contributed by atoms with Crippen LogP contribution in [0.5, 0.6) is 0 Å². The summed E-state index contributed by atoms with van der Waals surface area (Å²) in [5.74, 6) is 0.319. The zero-order valence-electron chi connectivity index (χ0n) is 9.90. The molecular formula is C13H16N2O. The molecule has 0 saturated carbocycles. The van der Waals surface area contributed by atoms with E-state index in [1.54, 1.807) is 0 Å². The number of nitrogens with zero attached hydrogens (tertiary/aromatic N) is 2. The third-order valence-corrected chi connectivity index (χ3v) is 3.10. The fourth-order valence-electron chi connectivity index (χ4n) is 1.91. The maximum absolute atomic E-state index is 11.2. The van der Waals surface area contributed by atoms with Crippen molar-refractivity contribution in [2.45, 2.75) is 33.1 Å². The molecular weight excluding hydrogens is 200 g/mol. The van der Waals surface area contributed by atoms with Crippen LogP contribution >= 0.6 is 0 Å². The molecule has 0 aliphatic carbocycles. The molecule has 2 aromatic heterocycles. The Morgan fingerprint density at radius 1 is 1.56 bits per heavy atom. The van der Waals surface area contributed by atoms with Crippen LogP contribution in [0.15, 0.2) is 18.3 Å². The highest BCUT2D eigenvalue weighted by atomic mass is 16.1. The number of fused-ring (bicyclic) bond motifs is 1. The Bertz CT molecular complexity index is 528. The minimum atomic E-state index is 0.319. The first-order valence-electron chi connectivity index (χ1n) is 5.61. The average Bonchev–Trinajstić information content (AvgIpc) is 2.68. The van der Waals surface area contributed by atoms with Crippen LogP contribution in [-0.2, 0) is 0 Å². The highest BCUT2D eigenvalue weighted by molar-refractivity contribution is 5.77. The van der Waals surface area contributed by atoms with Gasteiger partial charge in [0.25, 0.3) is 0 Å². The van der Waals surface area contributed by atoms with Gasteiger partial charge < -0.3 is 0 Å². The highest BCUT2D eigenvalue weighted by Crippen LogP contribution is 2.23. The van der Waals surface area contributed by atoms with Crippen LogP contribution in [0, 0.1) is 6.92 Å². The molecule has 0 aliphatic heterocycles. The number of carbonyl (C=O) groups excluding carboxylic acids is 1. The van der Waals surface area contributed by atoms with E-state index < -0.39 is 0 Å². The molecule has 16 heavy (non-hydrogen) atoms. The minimum Gasteiger partial charge on any atom is -0.297 e. The Balaban J connectivity index is 2.75. The van der Waals surface area contributed by atoms with Crippen molar-refractivity contribution in [2.24, 2.45) is 0 Å². The largest absolute Gasteiger partial charge is 0.297 e. The molecule has 0 bridgehead atoms. The molecule has 2 heterocycles. The first-order chi connectivity index (χ1) is 7.69. The third kappa shape index (κ3) is 1.52.